The van der Waals surface area contributed by atoms with Crippen LogP contribution < -0.4 is 15.2 Å². The van der Waals surface area contributed by atoms with Gasteiger partial charge in [0.15, 0.2) is 0 Å². The number of nitrogens with two attached hydrogens (primary N) is 1. The van der Waals surface area contributed by atoms with Gasteiger partial charge >= 0.3 is 0 Å². The molecule has 0 amide bonds. The molecule has 5 nitrogen and oxygen atoms in total. The van der Waals surface area contributed by atoms with E-state index in [0.29, 0.717) is 18.9 Å². The Bertz CT molecular complexity index is 584. The molecule has 1 fully saturated rings. The third-order valence-corrected chi connectivity index (χ3v) is 5.28. The van der Waals surface area contributed by atoms with Crippen LogP contribution in [0.1, 0.15) is 44.6 Å². The number of hydrogen-bond donors (Lipinski definition) is 2. The standard InChI is InChI=1S/C17H28N2O3S/c1-13(2)14-5-7-16(8-6-14)22-12-17-15(4-3-10-19-17)9-11-23(18,20)21/h5-8,13,15,17,19H,3-4,9-12H2,1-2H3,(H2,18,20,21). The monoisotopic (exact) mass is 340 g/mol. The van der Waals surface area contributed by atoms with Gasteiger partial charge in [0.05, 0.1) is 5.75 Å². The van der Waals surface area contributed by atoms with Gasteiger partial charge in [-0.3, -0.25) is 0 Å². The van der Waals surface area contributed by atoms with Gasteiger partial charge < -0.3 is 10.1 Å². The highest BCUT2D eigenvalue weighted by Crippen LogP contribution is 2.23. The topological polar surface area (TPSA) is 81.4 Å². The van der Waals surface area contributed by atoms with Crippen molar-refractivity contribution in [3.05, 3.63) is 29.8 Å². The van der Waals surface area contributed by atoms with Crippen molar-refractivity contribution < 1.29 is 13.2 Å². The SMILES string of the molecule is CC(C)c1ccc(OCC2NCCCC2CCS(N)(=O)=O)cc1. The highest BCUT2D eigenvalue weighted by atomic mass is 32.2. The van der Waals surface area contributed by atoms with E-state index in [1.807, 2.05) is 12.1 Å². The van der Waals surface area contributed by atoms with Crippen LogP contribution in [0.15, 0.2) is 24.3 Å². The Hall–Kier alpha value is -1.11. The summed E-state index contributed by atoms with van der Waals surface area (Å²) in [6, 6.07) is 8.35. The number of rotatable bonds is 7. The van der Waals surface area contributed by atoms with Crippen molar-refractivity contribution in [2.24, 2.45) is 11.1 Å². The summed E-state index contributed by atoms with van der Waals surface area (Å²) in [5.74, 6) is 1.69. The van der Waals surface area contributed by atoms with Gasteiger partial charge in [0, 0.05) is 6.04 Å². The third-order valence-electron chi connectivity index (χ3n) is 4.48. The van der Waals surface area contributed by atoms with Gasteiger partial charge in [0.1, 0.15) is 12.4 Å². The van der Waals surface area contributed by atoms with E-state index in [-0.39, 0.29) is 17.7 Å². The Morgan fingerprint density at radius 1 is 1.30 bits per heavy atom. The van der Waals surface area contributed by atoms with Crippen molar-refractivity contribution in [1.29, 1.82) is 0 Å². The highest BCUT2D eigenvalue weighted by Gasteiger charge is 2.26. The fourth-order valence-corrected chi connectivity index (χ4v) is 3.64. The lowest BCUT2D eigenvalue weighted by Crippen LogP contribution is -2.45. The second-order valence-corrected chi connectivity index (χ2v) is 8.39. The van der Waals surface area contributed by atoms with Crippen LogP contribution in [-0.2, 0) is 10.0 Å². The van der Waals surface area contributed by atoms with Crippen LogP contribution in [0.3, 0.4) is 0 Å². The van der Waals surface area contributed by atoms with Crippen molar-refractivity contribution >= 4 is 10.0 Å². The summed E-state index contributed by atoms with van der Waals surface area (Å²) in [6.45, 7) is 5.83. The molecule has 0 spiro atoms. The van der Waals surface area contributed by atoms with Gasteiger partial charge in [0.2, 0.25) is 10.0 Å². The first-order chi connectivity index (χ1) is 10.8. The molecule has 2 atom stereocenters. The molecule has 1 aromatic rings. The molecule has 0 bridgehead atoms. The Balaban J connectivity index is 1.88. The molecule has 0 aliphatic carbocycles. The minimum atomic E-state index is -3.40. The number of sulfonamides is 1. The second kappa shape index (κ2) is 8.13. The van der Waals surface area contributed by atoms with E-state index in [9.17, 15) is 8.42 Å². The van der Waals surface area contributed by atoms with E-state index in [1.165, 1.54) is 5.56 Å². The fraction of sp³-hybridized carbons (Fsp3) is 0.647. The Labute approximate surface area is 139 Å². The van der Waals surface area contributed by atoms with Crippen molar-refractivity contribution in [3.63, 3.8) is 0 Å². The van der Waals surface area contributed by atoms with Gasteiger partial charge in [-0.25, -0.2) is 13.6 Å². The van der Waals surface area contributed by atoms with Crippen LogP contribution in [0.5, 0.6) is 5.75 Å². The lowest BCUT2D eigenvalue weighted by Gasteiger charge is -2.32. The molecule has 2 rings (SSSR count). The number of piperidine rings is 1. The maximum atomic E-state index is 11.2. The van der Waals surface area contributed by atoms with Crippen molar-refractivity contribution in [1.82, 2.24) is 5.32 Å². The molecule has 1 heterocycles. The van der Waals surface area contributed by atoms with Crippen LogP contribution >= 0.6 is 0 Å². The predicted octanol–water partition coefficient (Wildman–Crippen LogP) is 2.24. The van der Waals surface area contributed by atoms with Gasteiger partial charge in [-0.1, -0.05) is 26.0 Å². The molecule has 1 aromatic carbocycles. The lowest BCUT2D eigenvalue weighted by molar-refractivity contribution is 0.182. The zero-order valence-electron chi connectivity index (χ0n) is 14.0. The van der Waals surface area contributed by atoms with E-state index in [4.69, 9.17) is 9.88 Å². The molecule has 0 aromatic heterocycles. The molecule has 23 heavy (non-hydrogen) atoms. The van der Waals surface area contributed by atoms with E-state index >= 15 is 0 Å². The van der Waals surface area contributed by atoms with Crippen molar-refractivity contribution in [2.45, 2.75) is 45.1 Å². The molecule has 130 valence electrons. The maximum absolute atomic E-state index is 11.2. The molecule has 0 saturated carbocycles. The second-order valence-electron chi connectivity index (χ2n) is 6.65. The minimum Gasteiger partial charge on any atom is -0.492 e. The quantitative estimate of drug-likeness (QED) is 0.797. The molecular weight excluding hydrogens is 312 g/mol. The largest absolute Gasteiger partial charge is 0.492 e. The summed E-state index contributed by atoms with van der Waals surface area (Å²) < 4.78 is 28.2. The first-order valence-electron chi connectivity index (χ1n) is 8.32. The van der Waals surface area contributed by atoms with Crippen LogP contribution in [0.2, 0.25) is 0 Å². The van der Waals surface area contributed by atoms with Crippen LogP contribution in [0.4, 0.5) is 0 Å². The predicted molar refractivity (Wildman–Crippen MR) is 93.1 cm³/mol. The molecule has 3 N–H and O–H groups in total. The minimum absolute atomic E-state index is 0.0406. The number of benzene rings is 1. The van der Waals surface area contributed by atoms with Crippen LogP contribution in [0, 0.1) is 5.92 Å². The zero-order chi connectivity index (χ0) is 16.9. The molecule has 0 radical (unpaired) electrons. The van der Waals surface area contributed by atoms with Gasteiger partial charge in [-0.15, -0.1) is 0 Å². The fourth-order valence-electron chi connectivity index (χ4n) is 3.01. The Kier molecular flexibility index (Phi) is 6.44. The Morgan fingerprint density at radius 3 is 2.61 bits per heavy atom. The summed E-state index contributed by atoms with van der Waals surface area (Å²) in [5.41, 5.74) is 1.29. The molecule has 1 saturated heterocycles. The molecule has 1 aliphatic heterocycles. The van der Waals surface area contributed by atoms with Gasteiger partial charge in [0.25, 0.3) is 0 Å². The first kappa shape index (κ1) is 18.2. The summed E-state index contributed by atoms with van der Waals surface area (Å²) in [5, 5.41) is 8.57. The molecule has 2 unspecified atom stereocenters. The molecular formula is C17H28N2O3S. The smallest absolute Gasteiger partial charge is 0.209 e. The zero-order valence-corrected chi connectivity index (χ0v) is 14.8. The summed E-state index contributed by atoms with van der Waals surface area (Å²) in [4.78, 5) is 0. The third kappa shape index (κ3) is 6.12. The van der Waals surface area contributed by atoms with Gasteiger partial charge in [-0.05, 0) is 55.3 Å². The van der Waals surface area contributed by atoms with Crippen LogP contribution in [0.25, 0.3) is 0 Å². The number of hydrogen-bond acceptors (Lipinski definition) is 4. The normalized spacial score (nSPS) is 22.3. The van der Waals surface area contributed by atoms with E-state index in [2.05, 4.69) is 31.3 Å². The average molecular weight is 340 g/mol. The summed E-state index contributed by atoms with van der Waals surface area (Å²) >= 11 is 0. The van der Waals surface area contributed by atoms with E-state index in [0.717, 1.165) is 25.1 Å². The number of nitrogens with one attached hydrogen (secondary N) is 1. The molecule has 1 aliphatic rings. The highest BCUT2D eigenvalue weighted by molar-refractivity contribution is 7.89. The number of ether oxygens (including phenoxy) is 1. The van der Waals surface area contributed by atoms with Gasteiger partial charge in [-0.2, -0.15) is 0 Å². The molecule has 6 heteroatoms. The number of primary sulfonamides is 1. The van der Waals surface area contributed by atoms with Crippen molar-refractivity contribution in [2.75, 3.05) is 18.9 Å². The van der Waals surface area contributed by atoms with E-state index in [1.54, 1.807) is 0 Å². The van der Waals surface area contributed by atoms with Crippen LogP contribution in [-0.4, -0.2) is 33.4 Å². The Morgan fingerprint density at radius 2 is 2.00 bits per heavy atom. The maximum Gasteiger partial charge on any atom is 0.209 e. The average Bonchev–Trinajstić information content (AvgIpc) is 2.51. The van der Waals surface area contributed by atoms with E-state index < -0.39 is 10.0 Å². The summed E-state index contributed by atoms with van der Waals surface area (Å²) in [7, 11) is -3.40. The van der Waals surface area contributed by atoms with Crippen molar-refractivity contribution in [3.8, 4) is 5.75 Å². The lowest BCUT2D eigenvalue weighted by atomic mass is 9.89. The first-order valence-corrected chi connectivity index (χ1v) is 10.0. The summed E-state index contributed by atoms with van der Waals surface area (Å²) in [6.07, 6.45) is 2.67.